The molecule has 3 unspecified atom stereocenters. The molecule has 3 atom stereocenters. The summed E-state index contributed by atoms with van der Waals surface area (Å²) in [5.41, 5.74) is 1.15. The van der Waals surface area contributed by atoms with Crippen molar-refractivity contribution in [1.29, 1.82) is 0 Å². The first kappa shape index (κ1) is 12.8. The molecular formula is C14H21ClN2. The molecule has 2 nitrogen and oxygen atoms in total. The van der Waals surface area contributed by atoms with Crippen LogP contribution in [0.15, 0.2) is 18.5 Å². The maximum Gasteiger partial charge on any atom is 0.0634 e. The number of nitrogens with zero attached hydrogens (tertiary/aromatic N) is 1. The van der Waals surface area contributed by atoms with Crippen LogP contribution in [0.25, 0.3) is 0 Å². The molecule has 2 rings (SSSR count). The lowest BCUT2D eigenvalue weighted by Crippen LogP contribution is -2.35. The van der Waals surface area contributed by atoms with E-state index in [1.807, 2.05) is 6.07 Å². The SMILES string of the molecule is CC1CCC(NCc2ccncc2Cl)CC1C. The molecule has 1 aromatic heterocycles. The zero-order valence-electron chi connectivity index (χ0n) is 10.6. The maximum absolute atomic E-state index is 6.09. The number of halogens is 1. The van der Waals surface area contributed by atoms with Crippen LogP contribution in [0.5, 0.6) is 0 Å². The number of nitrogens with one attached hydrogen (secondary N) is 1. The highest BCUT2D eigenvalue weighted by Gasteiger charge is 2.23. The Balaban J connectivity index is 1.85. The molecule has 0 bridgehead atoms. The summed E-state index contributed by atoms with van der Waals surface area (Å²) in [4.78, 5) is 4.00. The van der Waals surface area contributed by atoms with E-state index in [0.717, 1.165) is 29.0 Å². The average Bonchev–Trinajstić information content (AvgIpc) is 2.32. The Morgan fingerprint density at radius 2 is 2.18 bits per heavy atom. The van der Waals surface area contributed by atoms with Gasteiger partial charge in [-0.25, -0.2) is 0 Å². The molecule has 3 heteroatoms. The molecule has 0 amide bonds. The van der Waals surface area contributed by atoms with Gasteiger partial charge in [0.2, 0.25) is 0 Å². The molecule has 1 heterocycles. The van der Waals surface area contributed by atoms with Gasteiger partial charge in [-0.2, -0.15) is 0 Å². The van der Waals surface area contributed by atoms with Crippen LogP contribution in [0.3, 0.4) is 0 Å². The first-order valence-electron chi connectivity index (χ1n) is 6.48. The summed E-state index contributed by atoms with van der Waals surface area (Å²) >= 11 is 6.09. The van der Waals surface area contributed by atoms with E-state index in [1.165, 1.54) is 19.3 Å². The van der Waals surface area contributed by atoms with E-state index in [4.69, 9.17) is 11.6 Å². The van der Waals surface area contributed by atoms with Crippen LogP contribution in [0.4, 0.5) is 0 Å². The molecule has 1 aliphatic rings. The highest BCUT2D eigenvalue weighted by Crippen LogP contribution is 2.29. The molecule has 94 valence electrons. The van der Waals surface area contributed by atoms with E-state index < -0.39 is 0 Å². The lowest BCUT2D eigenvalue weighted by molar-refractivity contribution is 0.225. The minimum absolute atomic E-state index is 0.644. The monoisotopic (exact) mass is 252 g/mol. The van der Waals surface area contributed by atoms with E-state index in [1.54, 1.807) is 12.4 Å². The molecule has 1 N–H and O–H groups in total. The Morgan fingerprint density at radius 3 is 2.88 bits per heavy atom. The van der Waals surface area contributed by atoms with Crippen LogP contribution in [0.1, 0.15) is 38.7 Å². The predicted molar refractivity (Wildman–Crippen MR) is 72.1 cm³/mol. The number of hydrogen-bond acceptors (Lipinski definition) is 2. The van der Waals surface area contributed by atoms with Crippen molar-refractivity contribution in [2.45, 2.75) is 45.7 Å². The highest BCUT2D eigenvalue weighted by molar-refractivity contribution is 6.31. The van der Waals surface area contributed by atoms with Crippen molar-refractivity contribution in [3.63, 3.8) is 0 Å². The number of hydrogen-bond donors (Lipinski definition) is 1. The summed E-state index contributed by atoms with van der Waals surface area (Å²) in [6, 6.07) is 2.63. The van der Waals surface area contributed by atoms with Crippen molar-refractivity contribution in [3.8, 4) is 0 Å². The minimum atomic E-state index is 0.644. The van der Waals surface area contributed by atoms with Crippen molar-refractivity contribution in [3.05, 3.63) is 29.0 Å². The van der Waals surface area contributed by atoms with E-state index in [9.17, 15) is 0 Å². The van der Waals surface area contributed by atoms with Gasteiger partial charge in [-0.1, -0.05) is 25.4 Å². The number of rotatable bonds is 3. The van der Waals surface area contributed by atoms with Crippen LogP contribution in [0, 0.1) is 11.8 Å². The summed E-state index contributed by atoms with van der Waals surface area (Å²) in [6.07, 6.45) is 7.42. The van der Waals surface area contributed by atoms with Crippen LogP contribution in [-0.2, 0) is 6.54 Å². The zero-order valence-corrected chi connectivity index (χ0v) is 11.4. The van der Waals surface area contributed by atoms with Crippen molar-refractivity contribution < 1.29 is 0 Å². The minimum Gasteiger partial charge on any atom is -0.310 e. The molecule has 1 aromatic rings. The molecule has 1 saturated carbocycles. The third kappa shape index (κ3) is 3.43. The van der Waals surface area contributed by atoms with Gasteiger partial charge in [0.1, 0.15) is 0 Å². The molecular weight excluding hydrogens is 232 g/mol. The van der Waals surface area contributed by atoms with Crippen LogP contribution < -0.4 is 5.32 Å². The average molecular weight is 253 g/mol. The Morgan fingerprint density at radius 1 is 1.35 bits per heavy atom. The fraction of sp³-hybridized carbons (Fsp3) is 0.643. The number of pyridine rings is 1. The van der Waals surface area contributed by atoms with Gasteiger partial charge in [0.25, 0.3) is 0 Å². The van der Waals surface area contributed by atoms with Gasteiger partial charge >= 0.3 is 0 Å². The van der Waals surface area contributed by atoms with Gasteiger partial charge in [-0.05, 0) is 42.7 Å². The molecule has 1 fully saturated rings. The number of aromatic nitrogens is 1. The fourth-order valence-electron chi connectivity index (χ4n) is 2.53. The van der Waals surface area contributed by atoms with Crippen LogP contribution in [0.2, 0.25) is 5.02 Å². The summed E-state index contributed by atoms with van der Waals surface area (Å²) in [7, 11) is 0. The Labute approximate surface area is 109 Å². The highest BCUT2D eigenvalue weighted by atomic mass is 35.5. The van der Waals surface area contributed by atoms with Crippen LogP contribution in [-0.4, -0.2) is 11.0 Å². The maximum atomic E-state index is 6.09. The smallest absolute Gasteiger partial charge is 0.0634 e. The Bertz CT molecular complexity index is 367. The first-order chi connectivity index (χ1) is 8.16. The third-order valence-electron chi connectivity index (χ3n) is 4.04. The quantitative estimate of drug-likeness (QED) is 0.888. The van der Waals surface area contributed by atoms with E-state index in [0.29, 0.717) is 6.04 Å². The summed E-state index contributed by atoms with van der Waals surface area (Å²) < 4.78 is 0. The molecule has 17 heavy (non-hydrogen) atoms. The van der Waals surface area contributed by atoms with E-state index >= 15 is 0 Å². The first-order valence-corrected chi connectivity index (χ1v) is 6.86. The topological polar surface area (TPSA) is 24.9 Å². The predicted octanol–water partition coefficient (Wildman–Crippen LogP) is 3.65. The Hall–Kier alpha value is -0.600. The lowest BCUT2D eigenvalue weighted by atomic mass is 9.79. The lowest BCUT2D eigenvalue weighted by Gasteiger charge is -2.32. The second-order valence-corrected chi connectivity index (χ2v) is 5.72. The third-order valence-corrected chi connectivity index (χ3v) is 4.38. The van der Waals surface area contributed by atoms with Gasteiger partial charge < -0.3 is 5.32 Å². The van der Waals surface area contributed by atoms with Gasteiger partial charge in [-0.15, -0.1) is 0 Å². The molecule has 0 aliphatic heterocycles. The second-order valence-electron chi connectivity index (χ2n) is 5.31. The van der Waals surface area contributed by atoms with Crippen molar-refractivity contribution in [1.82, 2.24) is 10.3 Å². The van der Waals surface area contributed by atoms with Gasteiger partial charge in [0.15, 0.2) is 0 Å². The van der Waals surface area contributed by atoms with Crippen molar-refractivity contribution in [2.75, 3.05) is 0 Å². The summed E-state index contributed by atoms with van der Waals surface area (Å²) in [6.45, 7) is 5.58. The normalized spacial score (nSPS) is 29.2. The van der Waals surface area contributed by atoms with Crippen molar-refractivity contribution >= 4 is 11.6 Å². The molecule has 0 aromatic carbocycles. The van der Waals surface area contributed by atoms with Gasteiger partial charge in [0.05, 0.1) is 5.02 Å². The van der Waals surface area contributed by atoms with Crippen LogP contribution >= 0.6 is 11.6 Å². The van der Waals surface area contributed by atoms with E-state index in [-0.39, 0.29) is 0 Å². The second kappa shape index (κ2) is 5.83. The van der Waals surface area contributed by atoms with Crippen molar-refractivity contribution in [2.24, 2.45) is 11.8 Å². The van der Waals surface area contributed by atoms with Gasteiger partial charge in [-0.3, -0.25) is 4.98 Å². The summed E-state index contributed by atoms with van der Waals surface area (Å²) in [5, 5.41) is 4.38. The molecule has 0 saturated heterocycles. The van der Waals surface area contributed by atoms with E-state index in [2.05, 4.69) is 24.1 Å². The Kier molecular flexibility index (Phi) is 4.41. The zero-order chi connectivity index (χ0) is 12.3. The van der Waals surface area contributed by atoms with Gasteiger partial charge in [0, 0.05) is 25.0 Å². The largest absolute Gasteiger partial charge is 0.310 e. The fourth-order valence-corrected chi connectivity index (χ4v) is 2.72. The molecule has 0 spiro atoms. The molecule has 0 radical (unpaired) electrons. The standard InChI is InChI=1S/C14H21ClN2/c1-10-3-4-13(7-11(10)2)17-8-12-5-6-16-9-14(12)15/h5-6,9-11,13,17H,3-4,7-8H2,1-2H3. The molecule has 1 aliphatic carbocycles. The summed E-state index contributed by atoms with van der Waals surface area (Å²) in [5.74, 6) is 1.70.